The highest BCUT2D eigenvalue weighted by Crippen LogP contribution is 2.27. The second kappa shape index (κ2) is 7.28. The molecule has 5 nitrogen and oxygen atoms in total. The Labute approximate surface area is 143 Å². The standard InChI is InChI=1S/C17H18BrN3O2/c1-11(22)19-15-8-7-13(18)10-16(15)20-17(23)12-5-4-6-14(9-12)21(2)3/h4-10H,1-3H3,(H,19,22)(H,20,23). The quantitative estimate of drug-likeness (QED) is 0.855. The summed E-state index contributed by atoms with van der Waals surface area (Å²) in [6.07, 6.45) is 0. The summed E-state index contributed by atoms with van der Waals surface area (Å²) in [7, 11) is 3.83. The molecular weight excluding hydrogens is 358 g/mol. The SMILES string of the molecule is CC(=O)Nc1ccc(Br)cc1NC(=O)c1cccc(N(C)C)c1. The smallest absolute Gasteiger partial charge is 0.255 e. The second-order valence-corrected chi connectivity index (χ2v) is 6.19. The number of carbonyl (C=O) groups excluding carboxylic acids is 2. The van der Waals surface area contributed by atoms with Gasteiger partial charge in [0.05, 0.1) is 11.4 Å². The van der Waals surface area contributed by atoms with Gasteiger partial charge in [-0.2, -0.15) is 0 Å². The maximum Gasteiger partial charge on any atom is 0.255 e. The highest BCUT2D eigenvalue weighted by Gasteiger charge is 2.11. The first kappa shape index (κ1) is 17.0. The van der Waals surface area contributed by atoms with Crippen molar-refractivity contribution < 1.29 is 9.59 Å². The number of halogens is 1. The fourth-order valence-corrected chi connectivity index (χ4v) is 2.40. The lowest BCUT2D eigenvalue weighted by Gasteiger charge is -2.15. The molecule has 0 fully saturated rings. The zero-order chi connectivity index (χ0) is 17.0. The van der Waals surface area contributed by atoms with Gasteiger partial charge in [-0.15, -0.1) is 0 Å². The van der Waals surface area contributed by atoms with Crippen LogP contribution in [0, 0.1) is 0 Å². The van der Waals surface area contributed by atoms with Crippen LogP contribution in [0.2, 0.25) is 0 Å². The van der Waals surface area contributed by atoms with E-state index in [9.17, 15) is 9.59 Å². The zero-order valence-electron chi connectivity index (χ0n) is 13.2. The van der Waals surface area contributed by atoms with Gasteiger partial charge in [0.2, 0.25) is 5.91 Å². The van der Waals surface area contributed by atoms with Crippen LogP contribution in [0.25, 0.3) is 0 Å². The van der Waals surface area contributed by atoms with E-state index in [1.54, 1.807) is 24.3 Å². The first-order chi connectivity index (χ1) is 10.9. The van der Waals surface area contributed by atoms with Crippen LogP contribution >= 0.6 is 15.9 Å². The molecule has 6 heteroatoms. The molecule has 0 saturated heterocycles. The third-order valence-corrected chi connectivity index (χ3v) is 3.66. The summed E-state index contributed by atoms with van der Waals surface area (Å²) in [5.41, 5.74) is 2.58. The minimum Gasteiger partial charge on any atom is -0.378 e. The average Bonchev–Trinajstić information content (AvgIpc) is 2.49. The van der Waals surface area contributed by atoms with Crippen LogP contribution in [-0.4, -0.2) is 25.9 Å². The van der Waals surface area contributed by atoms with Gasteiger partial charge >= 0.3 is 0 Å². The third kappa shape index (κ3) is 4.56. The van der Waals surface area contributed by atoms with Gasteiger partial charge < -0.3 is 15.5 Å². The van der Waals surface area contributed by atoms with Gasteiger partial charge in [-0.05, 0) is 36.4 Å². The van der Waals surface area contributed by atoms with E-state index in [4.69, 9.17) is 0 Å². The predicted molar refractivity (Wildman–Crippen MR) is 97.2 cm³/mol. The molecule has 0 heterocycles. The second-order valence-electron chi connectivity index (χ2n) is 5.27. The molecule has 0 aliphatic carbocycles. The lowest BCUT2D eigenvalue weighted by atomic mass is 10.1. The number of anilines is 3. The predicted octanol–water partition coefficient (Wildman–Crippen LogP) is 3.73. The van der Waals surface area contributed by atoms with E-state index in [0.717, 1.165) is 10.2 Å². The first-order valence-corrected chi connectivity index (χ1v) is 7.82. The van der Waals surface area contributed by atoms with Gasteiger partial charge in [0, 0.05) is 36.7 Å². The van der Waals surface area contributed by atoms with Crippen LogP contribution in [0.1, 0.15) is 17.3 Å². The van der Waals surface area contributed by atoms with Crippen molar-refractivity contribution in [2.45, 2.75) is 6.92 Å². The lowest BCUT2D eigenvalue weighted by molar-refractivity contribution is -0.114. The van der Waals surface area contributed by atoms with Gasteiger partial charge in [0.15, 0.2) is 0 Å². The molecule has 2 aromatic rings. The number of nitrogens with one attached hydrogen (secondary N) is 2. The van der Waals surface area contributed by atoms with Crippen molar-refractivity contribution in [1.29, 1.82) is 0 Å². The number of hydrogen-bond acceptors (Lipinski definition) is 3. The molecule has 0 spiro atoms. The summed E-state index contributed by atoms with van der Waals surface area (Å²) in [6.45, 7) is 1.42. The number of nitrogens with zero attached hydrogens (tertiary/aromatic N) is 1. The third-order valence-electron chi connectivity index (χ3n) is 3.17. The maximum atomic E-state index is 12.5. The molecule has 0 aliphatic rings. The zero-order valence-corrected chi connectivity index (χ0v) is 14.8. The molecule has 0 atom stereocenters. The van der Waals surface area contributed by atoms with Crippen LogP contribution in [0.5, 0.6) is 0 Å². The molecule has 120 valence electrons. The molecule has 0 radical (unpaired) electrons. The largest absolute Gasteiger partial charge is 0.378 e. The Hall–Kier alpha value is -2.34. The molecule has 0 aromatic heterocycles. The summed E-state index contributed by atoms with van der Waals surface area (Å²) in [4.78, 5) is 25.7. The number of benzene rings is 2. The molecule has 0 saturated carbocycles. The van der Waals surface area contributed by atoms with E-state index < -0.39 is 0 Å². The molecule has 2 aromatic carbocycles. The van der Waals surface area contributed by atoms with Gasteiger partial charge in [-0.1, -0.05) is 22.0 Å². The Balaban J connectivity index is 2.28. The molecule has 0 bridgehead atoms. The Bertz CT molecular complexity index is 744. The Morgan fingerprint density at radius 3 is 2.39 bits per heavy atom. The molecule has 2 N–H and O–H groups in total. The van der Waals surface area contributed by atoms with Crippen molar-refractivity contribution >= 4 is 44.8 Å². The summed E-state index contributed by atoms with van der Waals surface area (Å²) < 4.78 is 0.809. The molecule has 0 unspecified atom stereocenters. The van der Waals surface area contributed by atoms with Crippen LogP contribution in [0.15, 0.2) is 46.9 Å². The van der Waals surface area contributed by atoms with E-state index in [-0.39, 0.29) is 11.8 Å². The van der Waals surface area contributed by atoms with Gasteiger partial charge in [-0.3, -0.25) is 9.59 Å². The molecule has 23 heavy (non-hydrogen) atoms. The van der Waals surface area contributed by atoms with E-state index in [0.29, 0.717) is 16.9 Å². The van der Waals surface area contributed by atoms with Crippen LogP contribution < -0.4 is 15.5 Å². The fraction of sp³-hybridized carbons (Fsp3) is 0.176. The van der Waals surface area contributed by atoms with Crippen molar-refractivity contribution in [3.8, 4) is 0 Å². The lowest BCUT2D eigenvalue weighted by Crippen LogP contribution is -2.16. The molecular formula is C17H18BrN3O2. The van der Waals surface area contributed by atoms with E-state index in [1.165, 1.54) is 6.92 Å². The van der Waals surface area contributed by atoms with Crippen molar-refractivity contribution in [1.82, 2.24) is 0 Å². The molecule has 0 aliphatic heterocycles. The Morgan fingerprint density at radius 1 is 1.00 bits per heavy atom. The minimum atomic E-state index is -0.238. The number of rotatable bonds is 4. The summed E-state index contributed by atoms with van der Waals surface area (Å²) in [5.74, 6) is -0.434. The first-order valence-electron chi connectivity index (χ1n) is 7.02. The van der Waals surface area contributed by atoms with Crippen LogP contribution in [-0.2, 0) is 4.79 Å². The Morgan fingerprint density at radius 2 is 1.74 bits per heavy atom. The average molecular weight is 376 g/mol. The number of hydrogen-bond donors (Lipinski definition) is 2. The monoisotopic (exact) mass is 375 g/mol. The van der Waals surface area contributed by atoms with Crippen LogP contribution in [0.3, 0.4) is 0 Å². The summed E-state index contributed by atoms with van der Waals surface area (Å²) in [6, 6.07) is 12.6. The molecule has 2 amide bonds. The van der Waals surface area contributed by atoms with Crippen molar-refractivity contribution in [3.05, 3.63) is 52.5 Å². The maximum absolute atomic E-state index is 12.5. The van der Waals surface area contributed by atoms with E-state index in [2.05, 4.69) is 26.6 Å². The highest BCUT2D eigenvalue weighted by molar-refractivity contribution is 9.10. The minimum absolute atomic E-state index is 0.197. The van der Waals surface area contributed by atoms with Crippen molar-refractivity contribution in [3.63, 3.8) is 0 Å². The highest BCUT2D eigenvalue weighted by atomic mass is 79.9. The topological polar surface area (TPSA) is 61.4 Å². The van der Waals surface area contributed by atoms with Crippen molar-refractivity contribution in [2.75, 3.05) is 29.6 Å². The van der Waals surface area contributed by atoms with Crippen LogP contribution in [0.4, 0.5) is 17.1 Å². The number of amides is 2. The van der Waals surface area contributed by atoms with Gasteiger partial charge in [0.25, 0.3) is 5.91 Å². The number of carbonyl (C=O) groups is 2. The van der Waals surface area contributed by atoms with E-state index >= 15 is 0 Å². The molecule has 2 rings (SSSR count). The summed E-state index contributed by atoms with van der Waals surface area (Å²) >= 11 is 3.37. The van der Waals surface area contributed by atoms with Gasteiger partial charge in [0.1, 0.15) is 0 Å². The fourth-order valence-electron chi connectivity index (χ4n) is 2.04. The Kier molecular flexibility index (Phi) is 5.39. The summed E-state index contributed by atoms with van der Waals surface area (Å²) in [5, 5.41) is 5.54. The van der Waals surface area contributed by atoms with E-state index in [1.807, 2.05) is 37.2 Å². The van der Waals surface area contributed by atoms with Crippen molar-refractivity contribution in [2.24, 2.45) is 0 Å². The van der Waals surface area contributed by atoms with Gasteiger partial charge in [-0.25, -0.2) is 0 Å². The normalized spacial score (nSPS) is 10.1.